The maximum Gasteiger partial charge on any atom is 0.0112 e. The van der Waals surface area contributed by atoms with E-state index >= 15 is 0 Å². The number of rotatable bonds is 3. The van der Waals surface area contributed by atoms with Gasteiger partial charge in [0.25, 0.3) is 0 Å². The molecule has 0 bridgehead atoms. The molecule has 0 radical (unpaired) electrons. The van der Waals surface area contributed by atoms with Crippen molar-refractivity contribution in [1.29, 1.82) is 0 Å². The van der Waals surface area contributed by atoms with Crippen molar-refractivity contribution in [1.82, 2.24) is 4.90 Å². The molecule has 0 rings (SSSR count). The van der Waals surface area contributed by atoms with E-state index in [1.54, 1.807) is 0 Å². The summed E-state index contributed by atoms with van der Waals surface area (Å²) < 4.78 is 0. The molecule has 1 heteroatoms. The van der Waals surface area contributed by atoms with Crippen LogP contribution in [0.1, 0.15) is 34.1 Å². The summed E-state index contributed by atoms with van der Waals surface area (Å²) in [6.45, 7) is 9.17. The molecule has 0 spiro atoms. The molecule has 0 aliphatic heterocycles. The molecule has 0 aromatic carbocycles. The van der Waals surface area contributed by atoms with Gasteiger partial charge in [0.2, 0.25) is 0 Å². The SMILES string of the molecule is CCC(C)(C)C(C)N(C)C. The predicted octanol–water partition coefficient (Wildman–Crippen LogP) is 2.37. The van der Waals surface area contributed by atoms with E-state index in [-0.39, 0.29) is 0 Å². The molecule has 10 heavy (non-hydrogen) atoms. The highest BCUT2D eigenvalue weighted by Gasteiger charge is 2.24. The average Bonchev–Trinajstić information content (AvgIpc) is 1.86. The van der Waals surface area contributed by atoms with Crippen molar-refractivity contribution in [3.05, 3.63) is 0 Å². The van der Waals surface area contributed by atoms with Gasteiger partial charge in [-0.25, -0.2) is 0 Å². The zero-order valence-electron chi connectivity index (χ0n) is 8.23. The summed E-state index contributed by atoms with van der Waals surface area (Å²) in [5, 5.41) is 0. The summed E-state index contributed by atoms with van der Waals surface area (Å²) in [4.78, 5) is 2.28. The highest BCUT2D eigenvalue weighted by atomic mass is 15.1. The van der Waals surface area contributed by atoms with E-state index in [0.717, 1.165) is 0 Å². The van der Waals surface area contributed by atoms with Crippen molar-refractivity contribution in [2.75, 3.05) is 14.1 Å². The standard InChI is InChI=1S/C9H21N/c1-7-9(3,4)8(2)10(5)6/h8H,7H2,1-6H3. The van der Waals surface area contributed by atoms with Gasteiger partial charge in [-0.1, -0.05) is 20.8 Å². The van der Waals surface area contributed by atoms with Crippen LogP contribution in [0.5, 0.6) is 0 Å². The lowest BCUT2D eigenvalue weighted by Gasteiger charge is -2.35. The summed E-state index contributed by atoms with van der Waals surface area (Å²) in [5.74, 6) is 0. The van der Waals surface area contributed by atoms with Crippen LogP contribution in [0.4, 0.5) is 0 Å². The molecule has 1 atom stereocenters. The average molecular weight is 143 g/mol. The molecule has 0 aromatic rings. The molecule has 62 valence electrons. The lowest BCUT2D eigenvalue weighted by molar-refractivity contribution is 0.146. The van der Waals surface area contributed by atoms with Crippen LogP contribution in [0.2, 0.25) is 0 Å². The summed E-state index contributed by atoms with van der Waals surface area (Å²) in [6.07, 6.45) is 1.24. The van der Waals surface area contributed by atoms with E-state index in [4.69, 9.17) is 0 Å². The molecule has 0 aromatic heterocycles. The van der Waals surface area contributed by atoms with Gasteiger partial charge >= 0.3 is 0 Å². The quantitative estimate of drug-likeness (QED) is 0.586. The van der Waals surface area contributed by atoms with Gasteiger partial charge in [0, 0.05) is 6.04 Å². The number of hydrogen-bond donors (Lipinski definition) is 0. The van der Waals surface area contributed by atoms with E-state index in [1.165, 1.54) is 6.42 Å². The second kappa shape index (κ2) is 3.38. The van der Waals surface area contributed by atoms with Crippen LogP contribution in [0.3, 0.4) is 0 Å². The third-order valence-electron chi connectivity index (χ3n) is 2.82. The fraction of sp³-hybridized carbons (Fsp3) is 1.00. The van der Waals surface area contributed by atoms with Crippen LogP contribution in [0, 0.1) is 5.41 Å². The summed E-state index contributed by atoms with van der Waals surface area (Å²) in [6, 6.07) is 0.664. The molecular formula is C9H21N. The van der Waals surface area contributed by atoms with Gasteiger partial charge < -0.3 is 4.90 Å². The molecular weight excluding hydrogens is 122 g/mol. The minimum absolute atomic E-state index is 0.448. The molecule has 1 unspecified atom stereocenters. The minimum Gasteiger partial charge on any atom is -0.306 e. The molecule has 0 N–H and O–H groups in total. The van der Waals surface area contributed by atoms with Crippen molar-refractivity contribution in [3.8, 4) is 0 Å². The third-order valence-corrected chi connectivity index (χ3v) is 2.82. The smallest absolute Gasteiger partial charge is 0.0112 e. The first-order valence-corrected chi connectivity index (χ1v) is 4.08. The highest BCUT2D eigenvalue weighted by Crippen LogP contribution is 2.26. The molecule has 0 aliphatic carbocycles. The second-order valence-corrected chi connectivity index (χ2v) is 3.98. The van der Waals surface area contributed by atoms with E-state index < -0.39 is 0 Å². The first-order valence-electron chi connectivity index (χ1n) is 4.08. The van der Waals surface area contributed by atoms with Crippen LogP contribution in [-0.4, -0.2) is 25.0 Å². The van der Waals surface area contributed by atoms with Gasteiger partial charge in [0.1, 0.15) is 0 Å². The van der Waals surface area contributed by atoms with Crippen LogP contribution >= 0.6 is 0 Å². The topological polar surface area (TPSA) is 3.24 Å². The van der Waals surface area contributed by atoms with Crippen LogP contribution in [0.25, 0.3) is 0 Å². The van der Waals surface area contributed by atoms with Gasteiger partial charge in [-0.3, -0.25) is 0 Å². The van der Waals surface area contributed by atoms with Gasteiger partial charge in [-0.2, -0.15) is 0 Å². The molecule has 0 heterocycles. The summed E-state index contributed by atoms with van der Waals surface area (Å²) in [5.41, 5.74) is 0.448. The summed E-state index contributed by atoms with van der Waals surface area (Å²) in [7, 11) is 4.28. The minimum atomic E-state index is 0.448. The molecule has 0 saturated heterocycles. The summed E-state index contributed by atoms with van der Waals surface area (Å²) >= 11 is 0. The first-order chi connectivity index (χ1) is 4.41. The Morgan fingerprint density at radius 3 is 1.80 bits per heavy atom. The Kier molecular flexibility index (Phi) is 3.37. The number of hydrogen-bond acceptors (Lipinski definition) is 1. The van der Waals surface area contributed by atoms with E-state index in [0.29, 0.717) is 11.5 Å². The van der Waals surface area contributed by atoms with Crippen LogP contribution < -0.4 is 0 Å². The molecule has 0 saturated carbocycles. The fourth-order valence-electron chi connectivity index (χ4n) is 0.994. The van der Waals surface area contributed by atoms with Crippen molar-refractivity contribution >= 4 is 0 Å². The normalized spacial score (nSPS) is 15.9. The molecule has 0 fully saturated rings. The van der Waals surface area contributed by atoms with Crippen molar-refractivity contribution in [2.45, 2.75) is 40.2 Å². The monoisotopic (exact) mass is 143 g/mol. The maximum atomic E-state index is 2.32. The first kappa shape index (κ1) is 9.96. The van der Waals surface area contributed by atoms with E-state index in [2.05, 4.69) is 46.7 Å². The van der Waals surface area contributed by atoms with E-state index in [1.807, 2.05) is 0 Å². The van der Waals surface area contributed by atoms with Crippen molar-refractivity contribution < 1.29 is 0 Å². The van der Waals surface area contributed by atoms with Gasteiger partial charge in [-0.15, -0.1) is 0 Å². The zero-order valence-corrected chi connectivity index (χ0v) is 8.23. The molecule has 0 amide bonds. The van der Waals surface area contributed by atoms with Gasteiger partial charge in [0.15, 0.2) is 0 Å². The Balaban J connectivity index is 4.03. The molecule has 1 nitrogen and oxygen atoms in total. The van der Waals surface area contributed by atoms with Gasteiger partial charge in [0.05, 0.1) is 0 Å². The Labute approximate surface area is 65.4 Å². The lowest BCUT2D eigenvalue weighted by Crippen LogP contribution is -2.38. The maximum absolute atomic E-state index is 2.32. The Bertz CT molecular complexity index is 94.9. The van der Waals surface area contributed by atoms with Crippen molar-refractivity contribution in [3.63, 3.8) is 0 Å². The highest BCUT2D eigenvalue weighted by molar-refractivity contribution is 4.78. The molecule has 0 aliphatic rings. The largest absolute Gasteiger partial charge is 0.306 e. The third kappa shape index (κ3) is 2.30. The lowest BCUT2D eigenvalue weighted by atomic mass is 9.82. The van der Waals surface area contributed by atoms with Crippen LogP contribution in [0.15, 0.2) is 0 Å². The zero-order chi connectivity index (χ0) is 8.36. The predicted molar refractivity (Wildman–Crippen MR) is 47.2 cm³/mol. The fourth-order valence-corrected chi connectivity index (χ4v) is 0.994. The second-order valence-electron chi connectivity index (χ2n) is 3.98. The Hall–Kier alpha value is -0.0400. The van der Waals surface area contributed by atoms with Crippen molar-refractivity contribution in [2.24, 2.45) is 5.41 Å². The van der Waals surface area contributed by atoms with E-state index in [9.17, 15) is 0 Å². The Morgan fingerprint density at radius 2 is 1.70 bits per heavy atom. The number of nitrogens with zero attached hydrogens (tertiary/aromatic N) is 1. The van der Waals surface area contributed by atoms with Crippen LogP contribution in [-0.2, 0) is 0 Å². The Morgan fingerprint density at radius 1 is 1.30 bits per heavy atom. The van der Waals surface area contributed by atoms with Gasteiger partial charge in [-0.05, 0) is 32.9 Å².